The summed E-state index contributed by atoms with van der Waals surface area (Å²) < 4.78 is 0. The molecule has 3 nitrogen and oxygen atoms in total. The number of hydrogen-bond acceptors (Lipinski definition) is 2. The lowest BCUT2D eigenvalue weighted by atomic mass is 9.81. The van der Waals surface area contributed by atoms with E-state index >= 15 is 0 Å². The standard InChI is InChI=1S/C10H16N2O/c11-10(13)5-7-6-12-9-4-2-1-3-8(7)9/h6,8-9,12H,1-5H2,(H2,11,13). The highest BCUT2D eigenvalue weighted by molar-refractivity contribution is 5.76. The summed E-state index contributed by atoms with van der Waals surface area (Å²) in [6.45, 7) is 0. The lowest BCUT2D eigenvalue weighted by Gasteiger charge is -2.27. The van der Waals surface area contributed by atoms with Gasteiger partial charge in [0.05, 0.1) is 0 Å². The Bertz CT molecular complexity index is 247. The molecule has 1 heterocycles. The molecule has 72 valence electrons. The lowest BCUT2D eigenvalue weighted by Crippen LogP contribution is -2.30. The first kappa shape index (κ1) is 8.60. The maximum atomic E-state index is 10.8. The topological polar surface area (TPSA) is 55.1 Å². The summed E-state index contributed by atoms with van der Waals surface area (Å²) in [6.07, 6.45) is 7.50. The monoisotopic (exact) mass is 180 g/mol. The van der Waals surface area contributed by atoms with Crippen molar-refractivity contribution in [2.45, 2.75) is 38.1 Å². The van der Waals surface area contributed by atoms with Crippen molar-refractivity contribution in [2.75, 3.05) is 0 Å². The summed E-state index contributed by atoms with van der Waals surface area (Å²) in [7, 11) is 0. The molecule has 1 aliphatic heterocycles. The predicted octanol–water partition coefficient (Wildman–Crippen LogP) is 0.908. The predicted molar refractivity (Wildman–Crippen MR) is 50.8 cm³/mol. The number of nitrogens with two attached hydrogens (primary N) is 1. The van der Waals surface area contributed by atoms with E-state index < -0.39 is 0 Å². The average Bonchev–Trinajstić information content (AvgIpc) is 2.48. The van der Waals surface area contributed by atoms with Crippen molar-refractivity contribution in [3.63, 3.8) is 0 Å². The minimum atomic E-state index is -0.209. The first-order chi connectivity index (χ1) is 6.27. The Morgan fingerprint density at radius 2 is 2.31 bits per heavy atom. The Morgan fingerprint density at radius 3 is 3.08 bits per heavy atom. The summed E-state index contributed by atoms with van der Waals surface area (Å²) in [4.78, 5) is 10.8. The van der Waals surface area contributed by atoms with E-state index in [-0.39, 0.29) is 5.91 Å². The van der Waals surface area contributed by atoms with E-state index in [0.29, 0.717) is 18.4 Å². The number of fused-ring (bicyclic) bond motifs is 1. The molecule has 0 saturated heterocycles. The second kappa shape index (κ2) is 3.40. The van der Waals surface area contributed by atoms with Crippen LogP contribution in [0.4, 0.5) is 0 Å². The first-order valence-corrected chi connectivity index (χ1v) is 5.00. The zero-order valence-electron chi connectivity index (χ0n) is 7.75. The van der Waals surface area contributed by atoms with Crippen LogP contribution in [0.3, 0.4) is 0 Å². The van der Waals surface area contributed by atoms with Crippen LogP contribution in [0.2, 0.25) is 0 Å². The first-order valence-electron chi connectivity index (χ1n) is 5.00. The van der Waals surface area contributed by atoms with Crippen LogP contribution >= 0.6 is 0 Å². The van der Waals surface area contributed by atoms with Gasteiger partial charge in [0.15, 0.2) is 0 Å². The molecule has 0 aromatic carbocycles. The molecule has 1 saturated carbocycles. The molecule has 3 N–H and O–H groups in total. The molecule has 2 atom stereocenters. The van der Waals surface area contributed by atoms with Gasteiger partial charge in [0.25, 0.3) is 0 Å². The van der Waals surface area contributed by atoms with Gasteiger partial charge in [-0.2, -0.15) is 0 Å². The van der Waals surface area contributed by atoms with Crippen molar-refractivity contribution in [3.8, 4) is 0 Å². The van der Waals surface area contributed by atoms with Crippen LogP contribution < -0.4 is 11.1 Å². The minimum Gasteiger partial charge on any atom is -0.388 e. The highest BCUT2D eigenvalue weighted by Crippen LogP contribution is 2.34. The molecule has 0 spiro atoms. The van der Waals surface area contributed by atoms with Crippen LogP contribution in [-0.4, -0.2) is 11.9 Å². The SMILES string of the molecule is NC(=O)CC1=CNC2CCCCC12. The number of rotatable bonds is 2. The largest absolute Gasteiger partial charge is 0.388 e. The normalized spacial score (nSPS) is 31.8. The Balaban J connectivity index is 2.01. The minimum absolute atomic E-state index is 0.209. The number of amides is 1. The highest BCUT2D eigenvalue weighted by atomic mass is 16.1. The van der Waals surface area contributed by atoms with Gasteiger partial charge < -0.3 is 11.1 Å². The van der Waals surface area contributed by atoms with Gasteiger partial charge in [0.1, 0.15) is 0 Å². The van der Waals surface area contributed by atoms with E-state index in [0.717, 1.165) is 0 Å². The van der Waals surface area contributed by atoms with Crippen molar-refractivity contribution in [3.05, 3.63) is 11.8 Å². The molecule has 13 heavy (non-hydrogen) atoms. The van der Waals surface area contributed by atoms with E-state index in [1.807, 2.05) is 6.20 Å². The molecule has 2 unspecified atom stereocenters. The van der Waals surface area contributed by atoms with Gasteiger partial charge in [-0.1, -0.05) is 12.8 Å². The van der Waals surface area contributed by atoms with E-state index in [4.69, 9.17) is 5.73 Å². The van der Waals surface area contributed by atoms with Crippen molar-refractivity contribution in [1.29, 1.82) is 0 Å². The van der Waals surface area contributed by atoms with E-state index in [1.54, 1.807) is 0 Å². The van der Waals surface area contributed by atoms with Gasteiger partial charge in [-0.3, -0.25) is 4.79 Å². The zero-order chi connectivity index (χ0) is 9.26. The summed E-state index contributed by atoms with van der Waals surface area (Å²) in [5, 5.41) is 3.34. The van der Waals surface area contributed by atoms with Gasteiger partial charge in [-0.15, -0.1) is 0 Å². The molecule has 0 aromatic heterocycles. The molecule has 1 aliphatic carbocycles. The van der Waals surface area contributed by atoms with E-state index in [9.17, 15) is 4.79 Å². The Hall–Kier alpha value is -0.990. The van der Waals surface area contributed by atoms with Crippen LogP contribution in [-0.2, 0) is 4.79 Å². The van der Waals surface area contributed by atoms with Crippen LogP contribution in [0.25, 0.3) is 0 Å². The second-order valence-electron chi connectivity index (χ2n) is 4.03. The number of primary amides is 1. The third-order valence-electron chi connectivity index (χ3n) is 3.10. The summed E-state index contributed by atoms with van der Waals surface area (Å²) >= 11 is 0. The van der Waals surface area contributed by atoms with Gasteiger partial charge in [-0.25, -0.2) is 0 Å². The van der Waals surface area contributed by atoms with Crippen LogP contribution in [0, 0.1) is 5.92 Å². The van der Waals surface area contributed by atoms with E-state index in [2.05, 4.69) is 5.32 Å². The summed E-state index contributed by atoms with van der Waals surface area (Å²) in [5.41, 5.74) is 6.41. The smallest absolute Gasteiger partial charge is 0.221 e. The second-order valence-corrected chi connectivity index (χ2v) is 4.03. The zero-order valence-corrected chi connectivity index (χ0v) is 7.75. The average molecular weight is 180 g/mol. The van der Waals surface area contributed by atoms with Crippen molar-refractivity contribution >= 4 is 5.91 Å². The quantitative estimate of drug-likeness (QED) is 0.663. The molecule has 0 bridgehead atoms. The van der Waals surface area contributed by atoms with Gasteiger partial charge in [0, 0.05) is 18.4 Å². The molecular formula is C10H16N2O. The van der Waals surface area contributed by atoms with Crippen LogP contribution in [0.1, 0.15) is 32.1 Å². The van der Waals surface area contributed by atoms with Crippen molar-refractivity contribution < 1.29 is 4.79 Å². The van der Waals surface area contributed by atoms with Crippen LogP contribution in [0.15, 0.2) is 11.8 Å². The Labute approximate surface area is 78.4 Å². The number of carbonyl (C=O) groups excluding carboxylic acids is 1. The molecule has 0 radical (unpaired) electrons. The third kappa shape index (κ3) is 1.69. The fraction of sp³-hybridized carbons (Fsp3) is 0.700. The fourth-order valence-corrected chi connectivity index (χ4v) is 2.48. The molecule has 3 heteroatoms. The molecular weight excluding hydrogens is 164 g/mol. The molecule has 2 aliphatic rings. The fourth-order valence-electron chi connectivity index (χ4n) is 2.48. The highest BCUT2D eigenvalue weighted by Gasteiger charge is 2.31. The van der Waals surface area contributed by atoms with Gasteiger partial charge in [0.2, 0.25) is 5.91 Å². The van der Waals surface area contributed by atoms with Crippen molar-refractivity contribution in [1.82, 2.24) is 5.32 Å². The summed E-state index contributed by atoms with van der Waals surface area (Å²) in [6, 6.07) is 0.586. The Kier molecular flexibility index (Phi) is 2.25. The number of hydrogen-bond donors (Lipinski definition) is 2. The van der Waals surface area contributed by atoms with Crippen LogP contribution in [0.5, 0.6) is 0 Å². The third-order valence-corrected chi connectivity index (χ3v) is 3.10. The maximum Gasteiger partial charge on any atom is 0.221 e. The molecule has 1 fully saturated rings. The van der Waals surface area contributed by atoms with E-state index in [1.165, 1.54) is 31.3 Å². The maximum absolute atomic E-state index is 10.8. The number of carbonyl (C=O) groups is 1. The molecule has 0 aromatic rings. The number of nitrogens with one attached hydrogen (secondary N) is 1. The van der Waals surface area contributed by atoms with Crippen molar-refractivity contribution in [2.24, 2.45) is 11.7 Å². The Morgan fingerprint density at radius 1 is 1.54 bits per heavy atom. The summed E-state index contributed by atoms with van der Waals surface area (Å²) in [5.74, 6) is 0.375. The van der Waals surface area contributed by atoms with Gasteiger partial charge in [-0.05, 0) is 24.6 Å². The van der Waals surface area contributed by atoms with Gasteiger partial charge >= 0.3 is 0 Å². The molecule has 1 amide bonds. The molecule has 2 rings (SSSR count). The lowest BCUT2D eigenvalue weighted by molar-refractivity contribution is -0.117.